The topological polar surface area (TPSA) is 64.9 Å². The predicted octanol–water partition coefficient (Wildman–Crippen LogP) is 3.61. The van der Waals surface area contributed by atoms with Gasteiger partial charge in [0.1, 0.15) is 0 Å². The third-order valence-electron chi connectivity index (χ3n) is 2.95. The zero-order valence-electron chi connectivity index (χ0n) is 11.0. The van der Waals surface area contributed by atoms with E-state index in [-0.39, 0.29) is 6.04 Å². The number of halogens is 1. The second kappa shape index (κ2) is 6.82. The van der Waals surface area contributed by atoms with Crippen LogP contribution in [0.2, 0.25) is 0 Å². The number of hydrogen-bond acceptors (Lipinski definition) is 4. The molecule has 0 aliphatic carbocycles. The highest BCUT2D eigenvalue weighted by molar-refractivity contribution is 9.10. The molecule has 1 aromatic heterocycles. The summed E-state index contributed by atoms with van der Waals surface area (Å²) in [6, 6.07) is 7.94. The van der Waals surface area contributed by atoms with Crippen LogP contribution in [0, 0.1) is 0 Å². The maximum Gasteiger partial charge on any atom is 0.243 e. The van der Waals surface area contributed by atoms with Gasteiger partial charge >= 0.3 is 0 Å². The van der Waals surface area contributed by atoms with Gasteiger partial charge in [-0.3, -0.25) is 0 Å². The van der Waals surface area contributed by atoms with E-state index in [1.54, 1.807) is 0 Å². The summed E-state index contributed by atoms with van der Waals surface area (Å²) in [7, 11) is 0. The number of nitrogens with two attached hydrogens (primary N) is 1. The molecule has 0 saturated carbocycles. The minimum absolute atomic E-state index is 0.147. The van der Waals surface area contributed by atoms with Gasteiger partial charge in [0, 0.05) is 10.9 Å². The molecule has 0 amide bonds. The molecule has 1 heterocycles. The molecule has 1 aromatic carbocycles. The molecule has 1 atom stereocenters. The molecule has 102 valence electrons. The normalized spacial score (nSPS) is 12.6. The van der Waals surface area contributed by atoms with E-state index in [4.69, 9.17) is 10.3 Å². The smallest absolute Gasteiger partial charge is 0.243 e. The fourth-order valence-electron chi connectivity index (χ4n) is 1.82. The third kappa shape index (κ3) is 4.14. The molecule has 0 fully saturated rings. The molecule has 19 heavy (non-hydrogen) atoms. The standard InChI is InChI=1S/C14H18BrN3O/c1-2-3-4-12(16)14-17-13(18-19-14)9-10-5-7-11(15)8-6-10/h5-8,12H,2-4,9,16H2,1H3/t12-/m0/s1. The first kappa shape index (κ1) is 14.2. The number of aromatic nitrogens is 2. The molecule has 2 aromatic rings. The van der Waals surface area contributed by atoms with Gasteiger partial charge in [-0.2, -0.15) is 4.98 Å². The molecule has 5 heteroatoms. The number of unbranched alkanes of at least 4 members (excludes halogenated alkanes) is 1. The minimum Gasteiger partial charge on any atom is -0.338 e. The average molecular weight is 324 g/mol. The van der Waals surface area contributed by atoms with Crippen molar-refractivity contribution < 1.29 is 4.52 Å². The molecular weight excluding hydrogens is 306 g/mol. The minimum atomic E-state index is -0.147. The van der Waals surface area contributed by atoms with Crippen LogP contribution in [-0.2, 0) is 6.42 Å². The fraction of sp³-hybridized carbons (Fsp3) is 0.429. The first-order chi connectivity index (χ1) is 9.19. The summed E-state index contributed by atoms with van der Waals surface area (Å²) in [5.74, 6) is 1.23. The lowest BCUT2D eigenvalue weighted by molar-refractivity contribution is 0.343. The Labute approximate surface area is 121 Å². The monoisotopic (exact) mass is 323 g/mol. The van der Waals surface area contributed by atoms with Crippen molar-refractivity contribution in [2.75, 3.05) is 0 Å². The van der Waals surface area contributed by atoms with Crippen LogP contribution >= 0.6 is 15.9 Å². The molecular formula is C14H18BrN3O. The Hall–Kier alpha value is -1.20. The van der Waals surface area contributed by atoms with Gasteiger partial charge < -0.3 is 10.3 Å². The highest BCUT2D eigenvalue weighted by Crippen LogP contribution is 2.17. The van der Waals surface area contributed by atoms with Crippen molar-refractivity contribution in [1.82, 2.24) is 10.1 Å². The third-order valence-corrected chi connectivity index (χ3v) is 3.47. The van der Waals surface area contributed by atoms with E-state index in [9.17, 15) is 0 Å². The fourth-order valence-corrected chi connectivity index (χ4v) is 2.09. The molecule has 0 saturated heterocycles. The maximum atomic E-state index is 6.01. The SMILES string of the molecule is CCCC[C@H](N)c1nc(Cc2ccc(Br)cc2)no1. The van der Waals surface area contributed by atoms with Crippen LogP contribution in [0.5, 0.6) is 0 Å². The Morgan fingerprint density at radius 1 is 1.32 bits per heavy atom. The zero-order chi connectivity index (χ0) is 13.7. The average Bonchev–Trinajstić information content (AvgIpc) is 2.87. The molecule has 2 N–H and O–H groups in total. The molecule has 0 spiro atoms. The highest BCUT2D eigenvalue weighted by atomic mass is 79.9. The number of hydrogen-bond donors (Lipinski definition) is 1. The summed E-state index contributed by atoms with van der Waals surface area (Å²) in [6.45, 7) is 2.14. The van der Waals surface area contributed by atoms with E-state index in [0.29, 0.717) is 18.1 Å². The molecule has 4 nitrogen and oxygen atoms in total. The van der Waals surface area contributed by atoms with Gasteiger partial charge in [-0.15, -0.1) is 0 Å². The van der Waals surface area contributed by atoms with Gasteiger partial charge in [0.25, 0.3) is 0 Å². The second-order valence-corrected chi connectivity index (χ2v) is 5.52. The van der Waals surface area contributed by atoms with Gasteiger partial charge in [0.05, 0.1) is 6.04 Å². The molecule has 0 bridgehead atoms. The second-order valence-electron chi connectivity index (χ2n) is 4.60. The summed E-state index contributed by atoms with van der Waals surface area (Å²) in [5.41, 5.74) is 7.16. The first-order valence-electron chi connectivity index (χ1n) is 6.51. The van der Waals surface area contributed by atoms with Gasteiger partial charge in [-0.1, -0.05) is 53.0 Å². The molecule has 0 radical (unpaired) electrons. The Balaban J connectivity index is 1.98. The lowest BCUT2D eigenvalue weighted by atomic mass is 10.1. The number of nitrogens with zero attached hydrogens (tertiary/aromatic N) is 2. The lowest BCUT2D eigenvalue weighted by Crippen LogP contribution is -2.10. The van der Waals surface area contributed by atoms with Gasteiger partial charge in [0.2, 0.25) is 5.89 Å². The Morgan fingerprint density at radius 2 is 2.05 bits per heavy atom. The quantitative estimate of drug-likeness (QED) is 0.881. The van der Waals surface area contributed by atoms with Crippen LogP contribution in [0.25, 0.3) is 0 Å². The Morgan fingerprint density at radius 3 is 2.74 bits per heavy atom. The van der Waals surface area contributed by atoms with E-state index in [1.807, 2.05) is 24.3 Å². The van der Waals surface area contributed by atoms with Gasteiger partial charge in [-0.05, 0) is 24.1 Å². The molecule has 0 unspecified atom stereocenters. The van der Waals surface area contributed by atoms with Crippen LogP contribution in [0.15, 0.2) is 33.3 Å². The molecule has 2 rings (SSSR count). The van der Waals surface area contributed by atoms with E-state index < -0.39 is 0 Å². The molecule has 0 aliphatic heterocycles. The highest BCUT2D eigenvalue weighted by Gasteiger charge is 2.14. The van der Waals surface area contributed by atoms with Crippen molar-refractivity contribution in [2.45, 2.75) is 38.6 Å². The summed E-state index contributed by atoms with van der Waals surface area (Å²) in [5, 5.41) is 3.99. The van der Waals surface area contributed by atoms with Crippen molar-refractivity contribution in [3.63, 3.8) is 0 Å². The van der Waals surface area contributed by atoms with Crippen molar-refractivity contribution in [3.05, 3.63) is 46.0 Å². The number of benzene rings is 1. The van der Waals surface area contributed by atoms with Gasteiger partial charge in [-0.25, -0.2) is 0 Å². The van der Waals surface area contributed by atoms with Crippen LogP contribution in [0.1, 0.15) is 49.5 Å². The Bertz CT molecular complexity index is 510. The largest absolute Gasteiger partial charge is 0.338 e. The predicted molar refractivity (Wildman–Crippen MR) is 77.7 cm³/mol. The summed E-state index contributed by atoms with van der Waals surface area (Å²) >= 11 is 3.41. The summed E-state index contributed by atoms with van der Waals surface area (Å²) < 4.78 is 6.29. The number of rotatable bonds is 6. The van der Waals surface area contributed by atoms with Crippen LogP contribution in [0.3, 0.4) is 0 Å². The van der Waals surface area contributed by atoms with E-state index in [0.717, 1.165) is 29.3 Å². The summed E-state index contributed by atoms with van der Waals surface area (Å²) in [6.07, 6.45) is 3.74. The van der Waals surface area contributed by atoms with Crippen LogP contribution in [-0.4, -0.2) is 10.1 Å². The lowest BCUT2D eigenvalue weighted by Gasteiger charge is -2.03. The van der Waals surface area contributed by atoms with Crippen molar-refractivity contribution >= 4 is 15.9 Å². The zero-order valence-corrected chi connectivity index (χ0v) is 12.6. The van der Waals surface area contributed by atoms with Crippen molar-refractivity contribution in [2.24, 2.45) is 5.73 Å². The van der Waals surface area contributed by atoms with E-state index in [1.165, 1.54) is 0 Å². The van der Waals surface area contributed by atoms with Crippen LogP contribution < -0.4 is 5.73 Å². The van der Waals surface area contributed by atoms with E-state index >= 15 is 0 Å². The van der Waals surface area contributed by atoms with Crippen molar-refractivity contribution in [1.29, 1.82) is 0 Å². The Kier molecular flexibility index (Phi) is 5.10. The van der Waals surface area contributed by atoms with Gasteiger partial charge in [0.15, 0.2) is 5.82 Å². The maximum absolute atomic E-state index is 6.01. The van der Waals surface area contributed by atoms with E-state index in [2.05, 4.69) is 33.0 Å². The molecule has 0 aliphatic rings. The van der Waals surface area contributed by atoms with Crippen LogP contribution in [0.4, 0.5) is 0 Å². The van der Waals surface area contributed by atoms with Crippen molar-refractivity contribution in [3.8, 4) is 0 Å². The first-order valence-corrected chi connectivity index (χ1v) is 7.31. The summed E-state index contributed by atoms with van der Waals surface area (Å²) in [4.78, 5) is 4.37.